The molecule has 6 N–H and O–H groups in total. The number of benzene rings is 2. The number of aromatic nitrogens is 4. The van der Waals surface area contributed by atoms with Gasteiger partial charge in [0.2, 0.25) is 11.8 Å². The fourth-order valence-electron chi connectivity index (χ4n) is 5.77. The summed E-state index contributed by atoms with van der Waals surface area (Å²) in [6.45, 7) is 5.73. The smallest absolute Gasteiger partial charge is 0.438 e. The maximum atomic E-state index is 12.4. The number of nitrogens with one attached hydrogen (secondary N) is 2. The van der Waals surface area contributed by atoms with Gasteiger partial charge in [-0.15, -0.1) is 0 Å². The molecule has 3 heterocycles. The molecule has 0 spiro atoms. The minimum Gasteiger partial charge on any atom is -0.438 e. The van der Waals surface area contributed by atoms with E-state index in [2.05, 4.69) is 63.2 Å². The van der Waals surface area contributed by atoms with Crippen molar-refractivity contribution in [2.24, 2.45) is 0 Å². The van der Waals surface area contributed by atoms with Crippen LogP contribution in [-0.2, 0) is 55.3 Å². The van der Waals surface area contributed by atoms with Gasteiger partial charge in [0, 0.05) is 29.7 Å². The molecular formula is C42H47N6O19P3. The zero-order valence-corrected chi connectivity index (χ0v) is 40.0. The third-order valence-corrected chi connectivity index (χ3v) is 12.5. The molecule has 0 bridgehead atoms. The predicted molar refractivity (Wildman–Crippen MR) is 245 cm³/mol. The highest BCUT2D eigenvalue weighted by Gasteiger charge is 2.41. The number of H-pyrrole nitrogens is 1. The van der Waals surface area contributed by atoms with Crippen LogP contribution < -0.4 is 21.3 Å². The highest BCUT2D eigenvalue weighted by molar-refractivity contribution is 7.66. The van der Waals surface area contributed by atoms with E-state index in [1.54, 1.807) is 36.5 Å². The second kappa shape index (κ2) is 27.1. The molecule has 25 nitrogen and oxygen atoms in total. The fraction of sp³-hybridized carbons (Fsp3) is 0.357. The van der Waals surface area contributed by atoms with Crippen molar-refractivity contribution >= 4 is 35.1 Å². The molecule has 4 atom stereocenters. The van der Waals surface area contributed by atoms with E-state index in [9.17, 15) is 33.1 Å². The second-order valence-corrected chi connectivity index (χ2v) is 18.6. The van der Waals surface area contributed by atoms with Crippen molar-refractivity contribution in [2.75, 3.05) is 78.0 Å². The van der Waals surface area contributed by atoms with Gasteiger partial charge in [-0.3, -0.25) is 18.9 Å². The Morgan fingerprint density at radius 3 is 1.99 bits per heavy atom. The molecule has 70 heavy (non-hydrogen) atoms. The van der Waals surface area contributed by atoms with Gasteiger partial charge < -0.3 is 58.0 Å². The number of phosphoric ester groups is 1. The molecule has 2 aromatic carbocycles. The Morgan fingerprint density at radius 1 is 0.786 bits per heavy atom. The minimum atomic E-state index is -5.71. The van der Waals surface area contributed by atoms with Gasteiger partial charge >= 0.3 is 29.2 Å². The van der Waals surface area contributed by atoms with Crippen LogP contribution in [0.25, 0.3) is 0 Å². The van der Waals surface area contributed by atoms with Crippen molar-refractivity contribution < 1.29 is 79.6 Å². The predicted octanol–water partition coefficient (Wildman–Crippen LogP) is 3.63. The Bertz CT molecular complexity index is 2860. The second-order valence-electron chi connectivity index (χ2n) is 14.2. The normalized spacial score (nSPS) is 16.0. The molecule has 0 amide bonds. The zero-order chi connectivity index (χ0) is 50.6. The molecule has 374 valence electrons. The van der Waals surface area contributed by atoms with Crippen LogP contribution in [0.3, 0.4) is 0 Å². The number of hydrogen-bond acceptors (Lipinski definition) is 19. The van der Waals surface area contributed by atoms with Crippen molar-refractivity contribution in [2.45, 2.75) is 26.2 Å². The summed E-state index contributed by atoms with van der Waals surface area (Å²) < 4.78 is 86.1. The molecule has 5 rings (SSSR count). The Balaban J connectivity index is 0.877. The molecule has 0 radical (unpaired) electrons. The molecule has 4 unspecified atom stereocenters. The number of rotatable bonds is 26. The number of nitrogens with zero attached hydrogens (tertiary/aromatic N) is 4. The van der Waals surface area contributed by atoms with E-state index in [0.29, 0.717) is 62.8 Å². The number of aryl methyl sites for hydroxylation is 2. The molecule has 1 aliphatic rings. The van der Waals surface area contributed by atoms with E-state index >= 15 is 0 Å². The van der Waals surface area contributed by atoms with Crippen LogP contribution in [0.4, 0.5) is 11.6 Å². The number of ether oxygens (including phenoxy) is 7. The maximum absolute atomic E-state index is 12.4. The number of anilines is 2. The maximum Gasteiger partial charge on any atom is 0.490 e. The fourth-order valence-corrected chi connectivity index (χ4v) is 8.80. The summed E-state index contributed by atoms with van der Waals surface area (Å²) in [7, 11) is -16.7. The first-order valence-electron chi connectivity index (χ1n) is 20.6. The lowest BCUT2D eigenvalue weighted by molar-refractivity contribution is -0.0104. The summed E-state index contributed by atoms with van der Waals surface area (Å²) in [4.78, 5) is 71.7. The highest BCUT2D eigenvalue weighted by Crippen LogP contribution is 2.66. The minimum absolute atomic E-state index is 0.0748. The molecule has 0 saturated heterocycles. The number of aromatic amines is 1. The van der Waals surface area contributed by atoms with Crippen LogP contribution in [0, 0.1) is 48.9 Å². The monoisotopic (exact) mass is 1030 g/mol. The van der Waals surface area contributed by atoms with E-state index in [1.165, 1.54) is 12.2 Å². The van der Waals surface area contributed by atoms with Crippen molar-refractivity contribution in [3.8, 4) is 41.4 Å². The van der Waals surface area contributed by atoms with E-state index in [0.717, 1.165) is 33.1 Å². The van der Waals surface area contributed by atoms with Gasteiger partial charge in [0.25, 0.3) is 5.56 Å². The summed E-state index contributed by atoms with van der Waals surface area (Å²) in [6.07, 6.45) is 3.09. The number of nitriles is 1. The Hall–Kier alpha value is -5.68. The van der Waals surface area contributed by atoms with Crippen LogP contribution in [0.15, 0.2) is 76.6 Å². The lowest BCUT2D eigenvalue weighted by atomic mass is 10.1. The Morgan fingerprint density at radius 2 is 1.39 bits per heavy atom. The molecular weight excluding hydrogens is 985 g/mol. The summed E-state index contributed by atoms with van der Waals surface area (Å²) in [5.41, 5.74) is 2.09. The van der Waals surface area contributed by atoms with Crippen molar-refractivity contribution in [3.05, 3.63) is 116 Å². The summed E-state index contributed by atoms with van der Waals surface area (Å²) in [6, 6.07) is 14.5. The summed E-state index contributed by atoms with van der Waals surface area (Å²) >= 11 is 0. The molecule has 0 aliphatic carbocycles. The summed E-state index contributed by atoms with van der Waals surface area (Å²) in [5.74, 6) is 12.7. The average Bonchev–Trinajstić information content (AvgIpc) is 3.76. The standard InChI is InChI=1S/C42H47N6O19P3/c1-30-25-33(26-31(2)39(30)65-37-13-14-44-41(46-37)45-35-9-7-32(27-43)8-10-35)5-3-15-58-17-19-60-21-23-62-24-22-61-20-18-59-16-4-6-34-28-48(42(50)47-40(34)49)38-12-11-36(64-38)29-63-69(54,55)67-70(56,57)66-68(51,52)53/h7-14,25-26,28,36,38H,15-24,29H2,1-2H3,(H,54,55)(H,56,57)(H,44,45,46)(H,47,49,50)(H2,51,52,53). The van der Waals surface area contributed by atoms with Crippen molar-refractivity contribution in [3.63, 3.8) is 0 Å². The van der Waals surface area contributed by atoms with Crippen LogP contribution in [0.5, 0.6) is 11.6 Å². The first-order valence-corrected chi connectivity index (χ1v) is 25.1. The van der Waals surface area contributed by atoms with E-state index < -0.39 is 53.7 Å². The van der Waals surface area contributed by atoms with Crippen LogP contribution in [-0.4, -0.2) is 118 Å². The van der Waals surface area contributed by atoms with Gasteiger partial charge in [-0.2, -0.15) is 18.9 Å². The van der Waals surface area contributed by atoms with Crippen LogP contribution in [0.1, 0.15) is 34.0 Å². The van der Waals surface area contributed by atoms with E-state index in [1.807, 2.05) is 26.0 Å². The first kappa shape index (κ1) is 55.2. The topological polar surface area (TPSA) is 341 Å². The molecule has 4 aromatic rings. The Labute approximate surface area is 399 Å². The first-order chi connectivity index (χ1) is 33.4. The largest absolute Gasteiger partial charge is 0.490 e. The van der Waals surface area contributed by atoms with Crippen molar-refractivity contribution in [1.29, 1.82) is 5.26 Å². The third-order valence-electron chi connectivity index (χ3n) is 8.72. The van der Waals surface area contributed by atoms with E-state index in [-0.39, 0.29) is 32.0 Å². The Kier molecular flexibility index (Phi) is 21.4. The zero-order valence-electron chi connectivity index (χ0n) is 37.3. The van der Waals surface area contributed by atoms with Crippen LogP contribution >= 0.6 is 23.5 Å². The number of hydrogen-bond donors (Lipinski definition) is 6. The number of phosphoric acid groups is 3. The van der Waals surface area contributed by atoms with Gasteiger partial charge in [-0.25, -0.2) is 23.5 Å². The van der Waals surface area contributed by atoms with Gasteiger partial charge in [-0.1, -0.05) is 29.8 Å². The molecule has 2 aromatic heterocycles. The van der Waals surface area contributed by atoms with Gasteiger partial charge in [0.1, 0.15) is 30.6 Å². The van der Waals surface area contributed by atoms with Crippen molar-refractivity contribution in [1.82, 2.24) is 19.5 Å². The molecule has 1 aliphatic heterocycles. The molecule has 0 fully saturated rings. The lowest BCUT2D eigenvalue weighted by Crippen LogP contribution is -2.34. The van der Waals surface area contributed by atoms with Gasteiger partial charge in [-0.05, 0) is 67.4 Å². The van der Waals surface area contributed by atoms with Crippen LogP contribution in [0.2, 0.25) is 0 Å². The average molecular weight is 1030 g/mol. The van der Waals surface area contributed by atoms with Gasteiger partial charge in [0.05, 0.1) is 71.1 Å². The van der Waals surface area contributed by atoms with Gasteiger partial charge in [0.15, 0.2) is 6.23 Å². The lowest BCUT2D eigenvalue weighted by Gasteiger charge is -2.19. The van der Waals surface area contributed by atoms with E-state index in [4.69, 9.17) is 48.2 Å². The summed E-state index contributed by atoms with van der Waals surface area (Å²) in [5, 5.41) is 12.1. The quantitative estimate of drug-likeness (QED) is 0.0226. The third kappa shape index (κ3) is 19.6. The molecule has 0 saturated carbocycles. The SMILES string of the molecule is Cc1cc(C#CCOCCOCCOCCOCCOCC#Cc2cn(C3C=CC(COP(=O)(O)OP(=O)(O)OP(=O)(O)O)O3)c(=O)[nH]c2=O)cc(C)c1Oc1ccnc(Nc2ccc(C#N)cc2)n1. The highest BCUT2D eigenvalue weighted by atomic mass is 31.3. The molecule has 28 heteroatoms.